The van der Waals surface area contributed by atoms with E-state index in [0.717, 1.165) is 33.3 Å². The number of benzene rings is 2. The molecule has 1 aliphatic heterocycles. The van der Waals surface area contributed by atoms with Gasteiger partial charge in [-0.05, 0) is 72.6 Å². The summed E-state index contributed by atoms with van der Waals surface area (Å²) in [6.45, 7) is 1.79. The molecule has 0 radical (unpaired) electrons. The maximum atomic E-state index is 15.3. The van der Waals surface area contributed by atoms with Crippen molar-refractivity contribution in [3.05, 3.63) is 65.1 Å². The molecular weight excluding hydrogens is 427 g/mol. The zero-order valence-corrected chi connectivity index (χ0v) is 19.0. The van der Waals surface area contributed by atoms with E-state index in [4.69, 9.17) is 10.7 Å². The molecule has 6 nitrogen and oxygen atoms in total. The number of nitrogens with one attached hydrogen (secondary N) is 4. The number of nitriles is 1. The van der Waals surface area contributed by atoms with Crippen LogP contribution in [0.3, 0.4) is 0 Å². The maximum Gasteiger partial charge on any atom is 0.148 e. The molecule has 1 aromatic heterocycles. The minimum atomic E-state index is -0.361. The van der Waals surface area contributed by atoms with Crippen LogP contribution in [0.25, 0.3) is 16.6 Å². The van der Waals surface area contributed by atoms with E-state index in [9.17, 15) is 0 Å². The Kier molecular flexibility index (Phi) is 4.91. The van der Waals surface area contributed by atoms with Crippen LogP contribution in [0, 0.1) is 40.3 Å². The third-order valence-corrected chi connectivity index (χ3v) is 8.13. The second-order valence-electron chi connectivity index (χ2n) is 9.90. The first-order valence-electron chi connectivity index (χ1n) is 12.0. The predicted octanol–water partition coefficient (Wildman–Crippen LogP) is 5.49. The number of hydrogen-bond donors (Lipinski definition) is 4. The number of fused-ring (bicyclic) bond motifs is 9. The second-order valence-corrected chi connectivity index (χ2v) is 9.90. The van der Waals surface area contributed by atoms with Gasteiger partial charge in [0.15, 0.2) is 0 Å². The zero-order chi connectivity index (χ0) is 23.4. The highest BCUT2D eigenvalue weighted by Crippen LogP contribution is 2.64. The summed E-state index contributed by atoms with van der Waals surface area (Å²) >= 11 is 0. The third-order valence-electron chi connectivity index (χ3n) is 8.13. The smallest absolute Gasteiger partial charge is 0.148 e. The van der Waals surface area contributed by atoms with Crippen molar-refractivity contribution < 1.29 is 4.39 Å². The highest BCUT2D eigenvalue weighted by Gasteiger charge is 2.54. The second kappa shape index (κ2) is 7.98. The lowest BCUT2D eigenvalue weighted by molar-refractivity contribution is 0.247. The Hall–Kier alpha value is -3.66. The van der Waals surface area contributed by atoms with Crippen molar-refractivity contribution in [2.75, 3.05) is 5.32 Å². The SMILES string of the molecule is CC(C#N)N/C(=C\C=N)c1ccc(C2Nc3c(F)cc4[nH]ncc4c3C3C4CCC(C4)C23)cc1. The van der Waals surface area contributed by atoms with E-state index in [1.165, 1.54) is 25.5 Å². The van der Waals surface area contributed by atoms with Crippen LogP contribution in [0.15, 0.2) is 42.6 Å². The minimum Gasteiger partial charge on any atom is -0.375 e. The van der Waals surface area contributed by atoms with Gasteiger partial charge >= 0.3 is 0 Å². The summed E-state index contributed by atoms with van der Waals surface area (Å²) in [6.07, 6.45) is 8.40. The van der Waals surface area contributed by atoms with E-state index in [0.29, 0.717) is 29.4 Å². The summed E-state index contributed by atoms with van der Waals surface area (Å²) in [6, 6.07) is 11.7. The van der Waals surface area contributed by atoms with Crippen LogP contribution in [0.5, 0.6) is 0 Å². The number of rotatable bonds is 5. The summed E-state index contributed by atoms with van der Waals surface area (Å²) in [4.78, 5) is 0. The molecule has 2 fully saturated rings. The molecule has 4 N–H and O–H groups in total. The topological polar surface area (TPSA) is 100 Å². The van der Waals surface area contributed by atoms with E-state index in [2.05, 4.69) is 39.0 Å². The summed E-state index contributed by atoms with van der Waals surface area (Å²) < 4.78 is 15.3. The first-order valence-corrected chi connectivity index (χ1v) is 12.0. The normalized spacial score (nSPS) is 28.0. The van der Waals surface area contributed by atoms with E-state index < -0.39 is 0 Å². The molecule has 2 heterocycles. The lowest BCUT2D eigenvalue weighted by atomic mass is 9.67. The highest BCUT2D eigenvalue weighted by atomic mass is 19.1. The van der Waals surface area contributed by atoms with Gasteiger partial charge in [-0.3, -0.25) is 5.10 Å². The summed E-state index contributed by atoms with van der Waals surface area (Å²) in [5, 5.41) is 31.6. The van der Waals surface area contributed by atoms with Gasteiger partial charge in [-0.1, -0.05) is 24.3 Å². The van der Waals surface area contributed by atoms with Crippen LogP contribution in [0.4, 0.5) is 10.1 Å². The van der Waals surface area contributed by atoms with E-state index in [-0.39, 0.29) is 17.9 Å². The van der Waals surface area contributed by atoms with Crippen molar-refractivity contribution >= 4 is 28.5 Å². The van der Waals surface area contributed by atoms with Crippen LogP contribution in [0.1, 0.15) is 54.8 Å². The Labute approximate surface area is 197 Å². The monoisotopic (exact) mass is 454 g/mol. The molecule has 2 aromatic carbocycles. The number of aromatic amines is 1. The molecule has 6 unspecified atom stereocenters. The number of hydrogen-bond acceptors (Lipinski definition) is 5. The molecule has 0 amide bonds. The average molecular weight is 455 g/mol. The Morgan fingerprint density at radius 1 is 1.29 bits per heavy atom. The minimum absolute atomic E-state index is 0.0434. The van der Waals surface area contributed by atoms with Crippen molar-refractivity contribution in [3.63, 3.8) is 0 Å². The molecule has 34 heavy (non-hydrogen) atoms. The number of H-pyrrole nitrogens is 1. The molecule has 7 heteroatoms. The fourth-order valence-corrected chi connectivity index (χ4v) is 6.82. The van der Waals surface area contributed by atoms with Gasteiger partial charge in [-0.15, -0.1) is 0 Å². The number of nitrogens with zero attached hydrogens (tertiary/aromatic N) is 2. The van der Waals surface area contributed by atoms with E-state index >= 15 is 4.39 Å². The van der Waals surface area contributed by atoms with Gasteiger partial charge in [-0.2, -0.15) is 10.4 Å². The summed E-state index contributed by atoms with van der Waals surface area (Å²) in [5.74, 6) is 1.76. The molecule has 3 aliphatic rings. The molecule has 0 spiro atoms. The van der Waals surface area contributed by atoms with Crippen LogP contribution >= 0.6 is 0 Å². The summed E-state index contributed by atoms with van der Waals surface area (Å²) in [7, 11) is 0. The van der Waals surface area contributed by atoms with Crippen molar-refractivity contribution in [1.82, 2.24) is 15.5 Å². The molecule has 2 bridgehead atoms. The molecule has 172 valence electrons. The number of halogens is 1. The quantitative estimate of drug-likeness (QED) is 0.383. The Bertz CT molecular complexity index is 1330. The van der Waals surface area contributed by atoms with Gasteiger partial charge in [0, 0.05) is 23.4 Å². The molecule has 0 saturated heterocycles. The summed E-state index contributed by atoms with van der Waals surface area (Å²) in [5.41, 5.74) is 5.31. The first kappa shape index (κ1) is 20.9. The fourth-order valence-electron chi connectivity index (χ4n) is 6.82. The van der Waals surface area contributed by atoms with Crippen LogP contribution < -0.4 is 10.6 Å². The van der Waals surface area contributed by atoms with E-state index in [1.807, 2.05) is 18.3 Å². The van der Waals surface area contributed by atoms with Crippen LogP contribution in [-0.4, -0.2) is 22.5 Å². The standard InChI is InChI=1S/C27H27FN6/c1-14(12-30)32-21(8-9-29)15-2-4-16(5-3-15)26-24-18-7-6-17(10-18)23(24)25-19-13-31-34-22(19)11-20(28)27(25)33-26/h2-5,8-9,11,13-14,17-18,23-24,26,29,32-33H,6-7,10H2,1H3,(H,31,34)/b21-8-,29-9?. The maximum absolute atomic E-state index is 15.3. The lowest BCUT2D eigenvalue weighted by Gasteiger charge is -2.44. The molecule has 6 atom stereocenters. The lowest BCUT2D eigenvalue weighted by Crippen LogP contribution is -2.36. The van der Waals surface area contributed by atoms with Gasteiger partial charge in [0.25, 0.3) is 0 Å². The Morgan fingerprint density at radius 2 is 2.09 bits per heavy atom. The predicted molar refractivity (Wildman–Crippen MR) is 131 cm³/mol. The number of allylic oxidation sites excluding steroid dienone is 1. The molecular formula is C27H27FN6. The van der Waals surface area contributed by atoms with Gasteiger partial charge in [0.1, 0.15) is 11.9 Å². The molecule has 2 aliphatic carbocycles. The average Bonchev–Trinajstić information content (AvgIpc) is 3.60. The number of aromatic nitrogens is 2. The Morgan fingerprint density at radius 3 is 2.85 bits per heavy atom. The van der Waals surface area contributed by atoms with Gasteiger partial charge in [0.2, 0.25) is 0 Å². The highest BCUT2D eigenvalue weighted by molar-refractivity contribution is 5.89. The number of anilines is 1. The Balaban J connectivity index is 1.40. The molecule has 3 aromatic rings. The fraction of sp³-hybridized carbons (Fsp3) is 0.370. The van der Waals surface area contributed by atoms with E-state index in [1.54, 1.807) is 19.1 Å². The van der Waals surface area contributed by atoms with Crippen molar-refractivity contribution in [2.45, 2.75) is 44.2 Å². The first-order chi connectivity index (χ1) is 16.6. The molecule has 2 saturated carbocycles. The largest absolute Gasteiger partial charge is 0.375 e. The van der Waals surface area contributed by atoms with Crippen molar-refractivity contribution in [3.8, 4) is 6.07 Å². The van der Waals surface area contributed by atoms with Gasteiger partial charge in [-0.25, -0.2) is 4.39 Å². The van der Waals surface area contributed by atoms with Gasteiger partial charge in [0.05, 0.1) is 29.5 Å². The van der Waals surface area contributed by atoms with Crippen LogP contribution in [-0.2, 0) is 0 Å². The van der Waals surface area contributed by atoms with Crippen molar-refractivity contribution in [2.24, 2.45) is 17.8 Å². The zero-order valence-electron chi connectivity index (χ0n) is 19.0. The van der Waals surface area contributed by atoms with Crippen LogP contribution in [0.2, 0.25) is 0 Å². The van der Waals surface area contributed by atoms with Crippen molar-refractivity contribution in [1.29, 1.82) is 10.7 Å². The molecule has 6 rings (SSSR count). The van der Waals surface area contributed by atoms with Gasteiger partial charge < -0.3 is 16.0 Å². The third kappa shape index (κ3) is 3.12.